The van der Waals surface area contributed by atoms with E-state index in [0.29, 0.717) is 0 Å². The largest absolute Gasteiger partial charge is 0.497 e. The maximum atomic E-state index is 9.85. The summed E-state index contributed by atoms with van der Waals surface area (Å²) in [5.41, 5.74) is 1.14. The fraction of sp³-hybridized carbons (Fsp3) is 0.571. The molecule has 0 aromatic heterocycles. The molecule has 1 aromatic carbocycles. The van der Waals surface area contributed by atoms with Crippen LogP contribution in [0.3, 0.4) is 0 Å². The first-order valence-electron chi connectivity index (χ1n) is 6.07. The molecule has 0 saturated heterocycles. The van der Waals surface area contributed by atoms with Crippen molar-refractivity contribution in [2.75, 3.05) is 7.11 Å². The van der Waals surface area contributed by atoms with Gasteiger partial charge in [0.2, 0.25) is 0 Å². The summed E-state index contributed by atoms with van der Waals surface area (Å²) >= 11 is 0. The van der Waals surface area contributed by atoms with Crippen LogP contribution in [0.25, 0.3) is 0 Å². The summed E-state index contributed by atoms with van der Waals surface area (Å²) in [6, 6.07) is 7.91. The Morgan fingerprint density at radius 2 is 2.12 bits per heavy atom. The van der Waals surface area contributed by atoms with Crippen LogP contribution in [0, 0.1) is 0 Å². The highest BCUT2D eigenvalue weighted by Gasteiger charge is 2.05. The van der Waals surface area contributed by atoms with Gasteiger partial charge in [-0.2, -0.15) is 0 Å². The Morgan fingerprint density at radius 3 is 2.81 bits per heavy atom. The molecule has 1 N–H and O–H groups in total. The Hall–Kier alpha value is -1.02. The topological polar surface area (TPSA) is 29.5 Å². The number of hydrogen-bond donors (Lipinski definition) is 1. The van der Waals surface area contributed by atoms with Gasteiger partial charge in [-0.15, -0.1) is 0 Å². The van der Waals surface area contributed by atoms with Crippen LogP contribution in [0.1, 0.15) is 38.2 Å². The molecule has 1 aromatic rings. The van der Waals surface area contributed by atoms with E-state index in [1.54, 1.807) is 7.11 Å². The van der Waals surface area contributed by atoms with Crippen molar-refractivity contribution in [3.63, 3.8) is 0 Å². The molecular weight excluding hydrogens is 200 g/mol. The number of methoxy groups -OCH3 is 1. The lowest BCUT2D eigenvalue weighted by molar-refractivity contribution is 0.161. The lowest BCUT2D eigenvalue weighted by atomic mass is 10.0. The molecule has 1 rings (SSSR count). The monoisotopic (exact) mass is 222 g/mol. The fourth-order valence-corrected chi connectivity index (χ4v) is 1.80. The Balaban J connectivity index is 2.39. The van der Waals surface area contributed by atoms with E-state index in [2.05, 4.69) is 6.92 Å². The molecule has 0 aliphatic carbocycles. The van der Waals surface area contributed by atoms with Crippen molar-refractivity contribution in [2.45, 2.75) is 45.1 Å². The fourth-order valence-electron chi connectivity index (χ4n) is 1.80. The zero-order chi connectivity index (χ0) is 11.8. The summed E-state index contributed by atoms with van der Waals surface area (Å²) in [6.07, 6.45) is 4.91. The normalized spacial score (nSPS) is 12.4. The second kappa shape index (κ2) is 7.29. The van der Waals surface area contributed by atoms with Crippen LogP contribution in [0.5, 0.6) is 5.75 Å². The van der Waals surface area contributed by atoms with Gasteiger partial charge in [-0.1, -0.05) is 38.3 Å². The van der Waals surface area contributed by atoms with E-state index in [4.69, 9.17) is 4.74 Å². The van der Waals surface area contributed by atoms with Crippen LogP contribution < -0.4 is 4.74 Å². The molecule has 0 fully saturated rings. The number of ether oxygens (including phenoxy) is 1. The molecule has 1 atom stereocenters. The zero-order valence-corrected chi connectivity index (χ0v) is 10.3. The maximum absolute atomic E-state index is 9.85. The smallest absolute Gasteiger partial charge is 0.119 e. The molecule has 0 amide bonds. The number of hydrogen-bond acceptors (Lipinski definition) is 2. The molecule has 0 bridgehead atoms. The molecule has 0 saturated carbocycles. The number of aliphatic hydroxyl groups excluding tert-OH is 1. The van der Waals surface area contributed by atoms with Crippen LogP contribution in [0.2, 0.25) is 0 Å². The summed E-state index contributed by atoms with van der Waals surface area (Å²) in [5.74, 6) is 0.859. The van der Waals surface area contributed by atoms with Crippen molar-refractivity contribution >= 4 is 0 Å². The van der Waals surface area contributed by atoms with Gasteiger partial charge < -0.3 is 9.84 Å². The van der Waals surface area contributed by atoms with E-state index >= 15 is 0 Å². The van der Waals surface area contributed by atoms with Crippen LogP contribution in [0.4, 0.5) is 0 Å². The van der Waals surface area contributed by atoms with Crippen molar-refractivity contribution in [2.24, 2.45) is 0 Å². The Morgan fingerprint density at radius 1 is 1.31 bits per heavy atom. The Kier molecular flexibility index (Phi) is 5.94. The molecule has 0 spiro atoms. The van der Waals surface area contributed by atoms with E-state index in [1.807, 2.05) is 24.3 Å². The Bertz CT molecular complexity index is 297. The molecule has 0 aliphatic heterocycles. The highest BCUT2D eigenvalue weighted by atomic mass is 16.5. The minimum atomic E-state index is -0.223. The standard InChI is InChI=1S/C14H22O2/c1-3-4-5-8-13(15)10-12-7-6-9-14(11-12)16-2/h6-7,9,11,13,15H,3-5,8,10H2,1-2H3. The molecule has 1 unspecified atom stereocenters. The van der Waals surface area contributed by atoms with Crippen LogP contribution in [-0.2, 0) is 6.42 Å². The molecule has 0 radical (unpaired) electrons. The van der Waals surface area contributed by atoms with Gasteiger partial charge in [-0.25, -0.2) is 0 Å². The van der Waals surface area contributed by atoms with Crippen molar-refractivity contribution < 1.29 is 9.84 Å². The second-order valence-electron chi connectivity index (χ2n) is 4.21. The maximum Gasteiger partial charge on any atom is 0.119 e. The van der Waals surface area contributed by atoms with Gasteiger partial charge in [-0.05, 0) is 30.5 Å². The first-order valence-corrected chi connectivity index (χ1v) is 6.07. The third-order valence-corrected chi connectivity index (χ3v) is 2.75. The van der Waals surface area contributed by atoms with Gasteiger partial charge in [0.1, 0.15) is 5.75 Å². The predicted molar refractivity (Wildman–Crippen MR) is 66.8 cm³/mol. The molecule has 90 valence electrons. The van der Waals surface area contributed by atoms with Crippen LogP contribution in [-0.4, -0.2) is 18.3 Å². The highest BCUT2D eigenvalue weighted by Crippen LogP contribution is 2.15. The summed E-state index contributed by atoms with van der Waals surface area (Å²) in [5, 5.41) is 9.85. The third-order valence-electron chi connectivity index (χ3n) is 2.75. The van der Waals surface area contributed by atoms with Gasteiger partial charge in [0.05, 0.1) is 13.2 Å². The van der Waals surface area contributed by atoms with E-state index < -0.39 is 0 Å². The number of benzene rings is 1. The van der Waals surface area contributed by atoms with Gasteiger partial charge in [-0.3, -0.25) is 0 Å². The van der Waals surface area contributed by atoms with E-state index in [9.17, 15) is 5.11 Å². The van der Waals surface area contributed by atoms with Crippen molar-refractivity contribution in [1.29, 1.82) is 0 Å². The van der Waals surface area contributed by atoms with Crippen LogP contribution in [0.15, 0.2) is 24.3 Å². The predicted octanol–water partition coefficient (Wildman–Crippen LogP) is 3.18. The lowest BCUT2D eigenvalue weighted by Gasteiger charge is -2.11. The van der Waals surface area contributed by atoms with Gasteiger partial charge in [0.25, 0.3) is 0 Å². The van der Waals surface area contributed by atoms with E-state index in [1.165, 1.54) is 12.8 Å². The van der Waals surface area contributed by atoms with Gasteiger partial charge >= 0.3 is 0 Å². The minimum Gasteiger partial charge on any atom is -0.497 e. The number of aliphatic hydroxyl groups is 1. The SMILES string of the molecule is CCCCCC(O)Cc1cccc(OC)c1. The van der Waals surface area contributed by atoms with Crippen molar-refractivity contribution in [3.8, 4) is 5.75 Å². The third kappa shape index (κ3) is 4.67. The second-order valence-corrected chi connectivity index (χ2v) is 4.21. The van der Waals surface area contributed by atoms with Crippen LogP contribution >= 0.6 is 0 Å². The number of unbranched alkanes of at least 4 members (excludes halogenated alkanes) is 2. The van der Waals surface area contributed by atoms with E-state index in [0.717, 1.165) is 30.6 Å². The average Bonchev–Trinajstić information content (AvgIpc) is 2.29. The molecule has 16 heavy (non-hydrogen) atoms. The van der Waals surface area contributed by atoms with Crippen molar-refractivity contribution in [1.82, 2.24) is 0 Å². The summed E-state index contributed by atoms with van der Waals surface area (Å²) in [4.78, 5) is 0. The summed E-state index contributed by atoms with van der Waals surface area (Å²) in [7, 11) is 1.66. The first kappa shape index (κ1) is 13.0. The molecule has 2 nitrogen and oxygen atoms in total. The highest BCUT2D eigenvalue weighted by molar-refractivity contribution is 5.28. The lowest BCUT2D eigenvalue weighted by Crippen LogP contribution is -2.10. The summed E-state index contributed by atoms with van der Waals surface area (Å²) in [6.45, 7) is 2.18. The van der Waals surface area contributed by atoms with Gasteiger partial charge in [0, 0.05) is 0 Å². The molecular formula is C14H22O2. The van der Waals surface area contributed by atoms with Crippen molar-refractivity contribution in [3.05, 3.63) is 29.8 Å². The number of rotatable bonds is 7. The van der Waals surface area contributed by atoms with Gasteiger partial charge in [0.15, 0.2) is 0 Å². The zero-order valence-electron chi connectivity index (χ0n) is 10.3. The quantitative estimate of drug-likeness (QED) is 0.718. The van der Waals surface area contributed by atoms with E-state index in [-0.39, 0.29) is 6.10 Å². The Labute approximate surface area is 98.3 Å². The average molecular weight is 222 g/mol. The summed E-state index contributed by atoms with van der Waals surface area (Å²) < 4.78 is 5.15. The molecule has 0 aliphatic rings. The first-order chi connectivity index (χ1) is 7.76. The molecule has 2 heteroatoms. The minimum absolute atomic E-state index is 0.223. The molecule has 0 heterocycles.